The summed E-state index contributed by atoms with van der Waals surface area (Å²) in [7, 11) is 0. The van der Waals surface area contributed by atoms with Gasteiger partial charge in [0.05, 0.1) is 17.7 Å². The van der Waals surface area contributed by atoms with Crippen molar-refractivity contribution in [3.63, 3.8) is 0 Å². The molecule has 14 heavy (non-hydrogen) atoms. The maximum absolute atomic E-state index is 10.5. The number of hydrogen-bond donors (Lipinski definition) is 0. The number of rotatable bonds is 2. The zero-order valence-electron chi connectivity index (χ0n) is 7.53. The van der Waals surface area contributed by atoms with Gasteiger partial charge in [0.15, 0.2) is 12.0 Å². The van der Waals surface area contributed by atoms with Crippen molar-refractivity contribution in [2.75, 3.05) is 31.2 Å². The smallest absolute Gasteiger partial charge is 0.210 e. The summed E-state index contributed by atoms with van der Waals surface area (Å²) in [6.45, 7) is 2.99. The lowest BCUT2D eigenvalue weighted by Crippen LogP contribution is -2.36. The Bertz CT molecular complexity index is 331. The Morgan fingerprint density at radius 3 is 2.71 bits per heavy atom. The van der Waals surface area contributed by atoms with E-state index in [0.717, 1.165) is 23.4 Å². The van der Waals surface area contributed by atoms with Crippen molar-refractivity contribution in [1.82, 2.24) is 0 Å². The highest BCUT2D eigenvalue weighted by Gasteiger charge is 2.18. The van der Waals surface area contributed by atoms with Crippen molar-refractivity contribution in [2.45, 2.75) is 0 Å². The van der Waals surface area contributed by atoms with E-state index in [2.05, 4.69) is 20.8 Å². The van der Waals surface area contributed by atoms with E-state index in [9.17, 15) is 4.79 Å². The van der Waals surface area contributed by atoms with Gasteiger partial charge >= 0.3 is 0 Å². The van der Waals surface area contributed by atoms with Gasteiger partial charge in [-0.25, -0.2) is 0 Å². The Morgan fingerprint density at radius 2 is 2.14 bits per heavy atom. The second-order valence-corrected chi connectivity index (χ2v) is 3.87. The van der Waals surface area contributed by atoms with Crippen LogP contribution in [-0.4, -0.2) is 32.6 Å². The van der Waals surface area contributed by atoms with Crippen LogP contribution in [0.5, 0.6) is 0 Å². The summed E-state index contributed by atoms with van der Waals surface area (Å²) in [5.41, 5.74) is 0. The average molecular weight is 260 g/mol. The van der Waals surface area contributed by atoms with Crippen LogP contribution in [0.25, 0.3) is 0 Å². The third-order valence-electron chi connectivity index (χ3n) is 2.10. The molecule has 0 unspecified atom stereocenters. The van der Waals surface area contributed by atoms with Crippen LogP contribution in [0.1, 0.15) is 10.6 Å². The van der Waals surface area contributed by atoms with Gasteiger partial charge in [0.1, 0.15) is 0 Å². The number of morpholine rings is 1. The Morgan fingerprint density at radius 1 is 1.43 bits per heavy atom. The van der Waals surface area contributed by atoms with Crippen molar-refractivity contribution in [1.29, 1.82) is 0 Å². The Hall–Kier alpha value is -0.810. The normalized spacial score (nSPS) is 17.1. The van der Waals surface area contributed by atoms with Gasteiger partial charge in [-0.3, -0.25) is 4.79 Å². The average Bonchev–Trinajstić information content (AvgIpc) is 2.61. The number of carbonyl (C=O) groups excluding carboxylic acids is 1. The van der Waals surface area contributed by atoms with E-state index in [1.54, 1.807) is 6.07 Å². The number of furan rings is 1. The van der Waals surface area contributed by atoms with Gasteiger partial charge in [-0.1, -0.05) is 0 Å². The standard InChI is InChI=1S/C9H10BrNO3/c10-8-5-7(6-12)14-9(8)11-1-3-13-4-2-11/h5-6H,1-4H2. The first-order valence-electron chi connectivity index (χ1n) is 4.38. The Kier molecular flexibility index (Phi) is 2.88. The van der Waals surface area contributed by atoms with Crippen molar-refractivity contribution in [2.24, 2.45) is 0 Å². The fourth-order valence-electron chi connectivity index (χ4n) is 1.42. The van der Waals surface area contributed by atoms with E-state index in [-0.39, 0.29) is 0 Å². The minimum absolute atomic E-state index is 0.346. The van der Waals surface area contributed by atoms with Crippen molar-refractivity contribution in [3.05, 3.63) is 16.3 Å². The summed E-state index contributed by atoms with van der Waals surface area (Å²) in [5.74, 6) is 1.06. The molecule has 1 aromatic heterocycles. The predicted octanol–water partition coefficient (Wildman–Crippen LogP) is 1.69. The lowest BCUT2D eigenvalue weighted by molar-refractivity contribution is 0.109. The van der Waals surface area contributed by atoms with Gasteiger partial charge in [0, 0.05) is 19.2 Å². The molecule has 0 aliphatic carbocycles. The summed E-state index contributed by atoms with van der Waals surface area (Å²) >= 11 is 3.36. The van der Waals surface area contributed by atoms with Gasteiger partial charge in [-0.05, 0) is 15.9 Å². The van der Waals surface area contributed by atoms with E-state index in [1.807, 2.05) is 0 Å². The molecule has 0 saturated carbocycles. The molecule has 1 saturated heterocycles. The predicted molar refractivity (Wildman–Crippen MR) is 54.8 cm³/mol. The van der Waals surface area contributed by atoms with Crippen molar-refractivity contribution < 1.29 is 13.9 Å². The highest BCUT2D eigenvalue weighted by Crippen LogP contribution is 2.29. The van der Waals surface area contributed by atoms with Gasteiger partial charge < -0.3 is 14.1 Å². The zero-order chi connectivity index (χ0) is 9.97. The van der Waals surface area contributed by atoms with Crippen molar-refractivity contribution >= 4 is 28.1 Å². The molecule has 76 valence electrons. The van der Waals surface area contributed by atoms with Crippen molar-refractivity contribution in [3.8, 4) is 0 Å². The minimum Gasteiger partial charge on any atom is -0.436 e. The summed E-state index contributed by atoms with van der Waals surface area (Å²) < 4.78 is 11.4. The van der Waals surface area contributed by atoms with E-state index in [1.165, 1.54) is 0 Å². The van der Waals surface area contributed by atoms with Gasteiger partial charge in [0.25, 0.3) is 0 Å². The number of hydrogen-bond acceptors (Lipinski definition) is 4. The lowest BCUT2D eigenvalue weighted by atomic mass is 10.4. The molecule has 0 N–H and O–H groups in total. The molecule has 0 atom stereocenters. The first kappa shape index (κ1) is 9.73. The largest absolute Gasteiger partial charge is 0.436 e. The summed E-state index contributed by atoms with van der Waals surface area (Å²) in [5, 5.41) is 0. The second kappa shape index (κ2) is 4.14. The molecule has 2 rings (SSSR count). The van der Waals surface area contributed by atoms with Gasteiger partial charge in [-0.2, -0.15) is 0 Å². The Labute approximate surface area is 89.9 Å². The SMILES string of the molecule is O=Cc1cc(Br)c(N2CCOCC2)o1. The van der Waals surface area contributed by atoms with E-state index in [4.69, 9.17) is 9.15 Å². The third-order valence-corrected chi connectivity index (χ3v) is 2.67. The molecule has 1 aliphatic rings. The van der Waals surface area contributed by atoms with Gasteiger partial charge in [-0.15, -0.1) is 0 Å². The summed E-state index contributed by atoms with van der Waals surface area (Å²) in [6, 6.07) is 1.68. The van der Waals surface area contributed by atoms with Gasteiger partial charge in [0.2, 0.25) is 5.88 Å². The highest BCUT2D eigenvalue weighted by molar-refractivity contribution is 9.10. The summed E-state index contributed by atoms with van der Waals surface area (Å²) in [4.78, 5) is 12.6. The fourth-order valence-corrected chi connectivity index (χ4v) is 1.97. The van der Waals surface area contributed by atoms with Crippen LogP contribution in [0, 0.1) is 0 Å². The maximum Gasteiger partial charge on any atom is 0.210 e. The monoisotopic (exact) mass is 259 g/mol. The van der Waals surface area contributed by atoms with Crippen LogP contribution in [0.3, 0.4) is 0 Å². The molecule has 1 aromatic rings. The highest BCUT2D eigenvalue weighted by atomic mass is 79.9. The molecule has 0 radical (unpaired) electrons. The summed E-state index contributed by atoms with van der Waals surface area (Å²) in [6.07, 6.45) is 0.703. The topological polar surface area (TPSA) is 42.7 Å². The molecule has 5 heteroatoms. The molecule has 0 bridgehead atoms. The number of anilines is 1. The third kappa shape index (κ3) is 1.83. The molecular weight excluding hydrogens is 250 g/mol. The van der Waals surface area contributed by atoms with Crippen LogP contribution >= 0.6 is 15.9 Å². The number of ether oxygens (including phenoxy) is 1. The number of aldehydes is 1. The molecule has 0 aromatic carbocycles. The zero-order valence-corrected chi connectivity index (χ0v) is 9.12. The molecular formula is C9H10BrNO3. The van der Waals surface area contributed by atoms with Crippen LogP contribution in [0.4, 0.5) is 5.88 Å². The molecule has 0 spiro atoms. The van der Waals surface area contributed by atoms with E-state index < -0.39 is 0 Å². The quantitative estimate of drug-likeness (QED) is 0.759. The van der Waals surface area contributed by atoms with E-state index >= 15 is 0 Å². The molecule has 2 heterocycles. The lowest BCUT2D eigenvalue weighted by Gasteiger charge is -2.26. The van der Waals surface area contributed by atoms with Crippen LogP contribution < -0.4 is 4.90 Å². The number of nitrogens with zero attached hydrogens (tertiary/aromatic N) is 1. The fraction of sp³-hybridized carbons (Fsp3) is 0.444. The maximum atomic E-state index is 10.5. The first-order chi connectivity index (χ1) is 6.81. The number of carbonyl (C=O) groups is 1. The molecule has 0 amide bonds. The minimum atomic E-state index is 0.346. The van der Waals surface area contributed by atoms with E-state index in [0.29, 0.717) is 25.3 Å². The Balaban J connectivity index is 2.20. The molecule has 1 fully saturated rings. The van der Waals surface area contributed by atoms with Crippen LogP contribution in [0.15, 0.2) is 15.0 Å². The molecule has 1 aliphatic heterocycles. The number of halogens is 1. The second-order valence-electron chi connectivity index (χ2n) is 3.02. The van der Waals surface area contributed by atoms with Crippen LogP contribution in [0.2, 0.25) is 0 Å². The molecule has 4 nitrogen and oxygen atoms in total. The first-order valence-corrected chi connectivity index (χ1v) is 5.18. The van der Waals surface area contributed by atoms with Crippen LogP contribution in [-0.2, 0) is 4.74 Å².